The Balaban J connectivity index is 1.16. The Morgan fingerprint density at radius 3 is 2.64 bits per heavy atom. The van der Waals surface area contributed by atoms with Gasteiger partial charge in [0.2, 0.25) is 0 Å². The van der Waals surface area contributed by atoms with Crippen molar-refractivity contribution in [3.63, 3.8) is 0 Å². The summed E-state index contributed by atoms with van der Waals surface area (Å²) in [7, 11) is 1.62. The number of rotatable bonds is 8. The molecule has 5 aromatic heterocycles. The van der Waals surface area contributed by atoms with Gasteiger partial charge in [0.25, 0.3) is 5.91 Å². The van der Waals surface area contributed by atoms with Crippen LogP contribution in [0, 0.1) is 13.8 Å². The number of aromatic amines is 1. The number of ether oxygens (including phenoxy) is 1. The zero-order valence-electron chi connectivity index (χ0n) is 24.1. The molecule has 1 aliphatic carbocycles. The molecule has 0 saturated heterocycles. The van der Waals surface area contributed by atoms with Gasteiger partial charge in [-0.05, 0) is 70.2 Å². The van der Waals surface area contributed by atoms with Crippen LogP contribution in [0.4, 0.5) is 11.6 Å². The van der Waals surface area contributed by atoms with Crippen LogP contribution in [0.5, 0.6) is 0 Å². The maximum atomic E-state index is 13.6. The van der Waals surface area contributed by atoms with Crippen LogP contribution < -0.4 is 10.6 Å². The van der Waals surface area contributed by atoms with Gasteiger partial charge in [0, 0.05) is 42.6 Å². The molecule has 1 amide bonds. The molecule has 1 saturated carbocycles. The van der Waals surface area contributed by atoms with E-state index in [2.05, 4.69) is 41.1 Å². The lowest BCUT2D eigenvalue weighted by atomic mass is 9.76. The average Bonchev–Trinajstić information content (AvgIpc) is 3.64. The molecule has 3 N–H and O–H groups in total. The SMILES string of the molecule is CO[C@]1(C(=O)N[C@@H](C)c2ccc(-n3cc(C)nn3)nc2)CC[C@@H](c2nc(Nc3cc(C)[nH]n3)cc3cccnc32)CC1. The second-order valence-corrected chi connectivity index (χ2v) is 11.0. The summed E-state index contributed by atoms with van der Waals surface area (Å²) in [6.07, 6.45) is 7.99. The summed E-state index contributed by atoms with van der Waals surface area (Å²) in [6.45, 7) is 5.78. The fourth-order valence-corrected chi connectivity index (χ4v) is 5.61. The molecule has 0 bridgehead atoms. The molecule has 12 heteroatoms. The molecular formula is C30H34N10O2. The summed E-state index contributed by atoms with van der Waals surface area (Å²) in [5.41, 5.74) is 3.56. The number of H-pyrrole nitrogens is 1. The number of carbonyl (C=O) groups excluding carboxylic acids is 1. The molecular weight excluding hydrogens is 532 g/mol. The second kappa shape index (κ2) is 11.3. The Labute approximate surface area is 243 Å². The molecule has 0 aromatic carbocycles. The molecule has 1 aliphatic rings. The highest BCUT2D eigenvalue weighted by molar-refractivity contribution is 5.86. The van der Waals surface area contributed by atoms with Gasteiger partial charge in [-0.1, -0.05) is 17.3 Å². The van der Waals surface area contributed by atoms with Crippen molar-refractivity contribution >= 4 is 28.4 Å². The van der Waals surface area contributed by atoms with Crippen LogP contribution in [0.1, 0.15) is 67.2 Å². The van der Waals surface area contributed by atoms with Crippen LogP contribution in [-0.2, 0) is 9.53 Å². The average molecular weight is 567 g/mol. The third-order valence-corrected chi connectivity index (χ3v) is 8.02. The third-order valence-electron chi connectivity index (χ3n) is 8.02. The quantitative estimate of drug-likeness (QED) is 0.245. The number of aromatic nitrogens is 8. The van der Waals surface area contributed by atoms with E-state index in [0.29, 0.717) is 30.3 Å². The Hall–Kier alpha value is -4.71. The molecule has 0 spiro atoms. The monoisotopic (exact) mass is 566 g/mol. The summed E-state index contributed by atoms with van der Waals surface area (Å²) >= 11 is 0. The number of anilines is 2. The van der Waals surface area contributed by atoms with Crippen molar-refractivity contribution in [1.82, 2.24) is 45.5 Å². The van der Waals surface area contributed by atoms with Crippen molar-refractivity contribution in [2.75, 3.05) is 12.4 Å². The summed E-state index contributed by atoms with van der Waals surface area (Å²) < 4.78 is 7.55. The molecule has 1 fully saturated rings. The van der Waals surface area contributed by atoms with Crippen LogP contribution >= 0.6 is 0 Å². The Morgan fingerprint density at radius 1 is 1.14 bits per heavy atom. The van der Waals surface area contributed by atoms with E-state index in [9.17, 15) is 4.79 Å². The van der Waals surface area contributed by atoms with Gasteiger partial charge in [0.1, 0.15) is 11.4 Å². The van der Waals surface area contributed by atoms with E-state index in [1.54, 1.807) is 24.2 Å². The van der Waals surface area contributed by atoms with E-state index in [1.165, 1.54) is 0 Å². The smallest absolute Gasteiger partial charge is 0.252 e. The van der Waals surface area contributed by atoms with Gasteiger partial charge in [-0.25, -0.2) is 14.6 Å². The molecule has 5 heterocycles. The largest absolute Gasteiger partial charge is 0.368 e. The maximum Gasteiger partial charge on any atom is 0.252 e. The number of fused-ring (bicyclic) bond motifs is 1. The predicted molar refractivity (Wildman–Crippen MR) is 158 cm³/mol. The molecule has 42 heavy (non-hydrogen) atoms. The lowest BCUT2D eigenvalue weighted by Gasteiger charge is -2.38. The van der Waals surface area contributed by atoms with E-state index in [0.717, 1.165) is 46.4 Å². The Kier molecular flexibility index (Phi) is 7.38. The van der Waals surface area contributed by atoms with Crippen molar-refractivity contribution in [2.24, 2.45) is 0 Å². The fraction of sp³-hybridized carbons (Fsp3) is 0.367. The fourth-order valence-electron chi connectivity index (χ4n) is 5.61. The van der Waals surface area contributed by atoms with E-state index in [1.807, 2.05) is 63.4 Å². The number of hydrogen-bond acceptors (Lipinski definition) is 9. The normalized spacial score (nSPS) is 19.5. The minimum absolute atomic E-state index is 0.118. The van der Waals surface area contributed by atoms with Gasteiger partial charge in [-0.15, -0.1) is 5.10 Å². The molecule has 0 aliphatic heterocycles. The van der Waals surface area contributed by atoms with Crippen molar-refractivity contribution in [1.29, 1.82) is 0 Å². The minimum Gasteiger partial charge on any atom is -0.368 e. The van der Waals surface area contributed by atoms with Gasteiger partial charge < -0.3 is 15.4 Å². The van der Waals surface area contributed by atoms with Crippen LogP contribution in [0.2, 0.25) is 0 Å². The molecule has 216 valence electrons. The maximum absolute atomic E-state index is 13.6. The van der Waals surface area contributed by atoms with E-state index in [-0.39, 0.29) is 17.9 Å². The Bertz CT molecular complexity index is 1700. The van der Waals surface area contributed by atoms with Crippen molar-refractivity contribution in [3.8, 4) is 5.82 Å². The van der Waals surface area contributed by atoms with Crippen molar-refractivity contribution < 1.29 is 9.53 Å². The Morgan fingerprint density at radius 2 is 1.98 bits per heavy atom. The van der Waals surface area contributed by atoms with Gasteiger partial charge in [0.05, 0.1) is 29.1 Å². The zero-order chi connectivity index (χ0) is 29.3. The highest BCUT2D eigenvalue weighted by atomic mass is 16.5. The summed E-state index contributed by atoms with van der Waals surface area (Å²) in [4.78, 5) is 27.8. The number of aryl methyl sites for hydroxylation is 2. The standard InChI is InChI=1S/C30H34N10O2/c1-18-14-25(38-36-18)34-24-15-22-6-5-13-31-27(22)28(35-24)21-9-11-30(42-4,12-10-21)29(41)33-20(3)23-7-8-26(32-16-23)40-17-19(2)37-39-40/h5-8,13-17,20-21H,9-12H2,1-4H3,(H,33,41)(H2,34,35,36,38)/t20-,21-,30-/m0/s1. The molecule has 0 unspecified atom stereocenters. The number of pyridine rings is 3. The van der Waals surface area contributed by atoms with Crippen LogP contribution in [-0.4, -0.2) is 58.8 Å². The summed E-state index contributed by atoms with van der Waals surface area (Å²) in [6, 6.07) is 11.5. The van der Waals surface area contributed by atoms with Crippen LogP contribution in [0.15, 0.2) is 55.0 Å². The highest BCUT2D eigenvalue weighted by Crippen LogP contribution is 2.41. The first-order valence-corrected chi connectivity index (χ1v) is 14.1. The topological polar surface area (TPSA) is 148 Å². The number of nitrogens with one attached hydrogen (secondary N) is 3. The molecule has 12 nitrogen and oxygen atoms in total. The first-order chi connectivity index (χ1) is 20.3. The van der Waals surface area contributed by atoms with Crippen LogP contribution in [0.3, 0.4) is 0 Å². The highest BCUT2D eigenvalue weighted by Gasteiger charge is 2.43. The van der Waals surface area contributed by atoms with E-state index in [4.69, 9.17) is 9.72 Å². The lowest BCUT2D eigenvalue weighted by molar-refractivity contribution is -0.148. The predicted octanol–water partition coefficient (Wildman–Crippen LogP) is 4.61. The van der Waals surface area contributed by atoms with Crippen LogP contribution in [0.25, 0.3) is 16.7 Å². The van der Waals surface area contributed by atoms with Gasteiger partial charge in [-0.2, -0.15) is 5.10 Å². The van der Waals surface area contributed by atoms with Gasteiger partial charge >= 0.3 is 0 Å². The first kappa shape index (κ1) is 27.5. The number of carbonyl (C=O) groups is 1. The number of nitrogens with zero attached hydrogens (tertiary/aromatic N) is 7. The second-order valence-electron chi connectivity index (χ2n) is 11.0. The van der Waals surface area contributed by atoms with Gasteiger partial charge in [0.15, 0.2) is 11.6 Å². The number of hydrogen-bond donors (Lipinski definition) is 3. The van der Waals surface area contributed by atoms with Gasteiger partial charge in [-0.3, -0.25) is 14.9 Å². The lowest BCUT2D eigenvalue weighted by Crippen LogP contribution is -2.50. The molecule has 1 atom stereocenters. The minimum atomic E-state index is -0.915. The third kappa shape index (κ3) is 5.45. The first-order valence-electron chi connectivity index (χ1n) is 14.1. The number of amides is 1. The zero-order valence-corrected chi connectivity index (χ0v) is 24.1. The molecule has 5 aromatic rings. The molecule has 0 radical (unpaired) electrons. The van der Waals surface area contributed by atoms with E-state index < -0.39 is 5.60 Å². The van der Waals surface area contributed by atoms with E-state index >= 15 is 0 Å². The number of methoxy groups -OCH3 is 1. The summed E-state index contributed by atoms with van der Waals surface area (Å²) in [5.74, 6) is 2.10. The molecule has 6 rings (SSSR count). The summed E-state index contributed by atoms with van der Waals surface area (Å²) in [5, 5.41) is 22.8. The van der Waals surface area contributed by atoms with Crippen molar-refractivity contribution in [2.45, 2.75) is 64.0 Å². The van der Waals surface area contributed by atoms with Crippen molar-refractivity contribution in [3.05, 3.63) is 77.6 Å².